The first kappa shape index (κ1) is 13.1. The number of halogens is 1. The second kappa shape index (κ2) is 5.10. The molecule has 0 unspecified atom stereocenters. The van der Waals surface area contributed by atoms with Gasteiger partial charge < -0.3 is 10.0 Å². The number of carboxylic acids is 1. The van der Waals surface area contributed by atoms with Gasteiger partial charge in [0.15, 0.2) is 0 Å². The molecule has 1 N–H and O–H groups in total. The molecule has 3 nitrogen and oxygen atoms in total. The predicted octanol–water partition coefficient (Wildman–Crippen LogP) is 3.26. The summed E-state index contributed by atoms with van der Waals surface area (Å²) in [7, 11) is 3.88. The number of rotatable bonds is 3. The average molecular weight is 259 g/mol. The first-order valence-corrected chi connectivity index (χ1v) is 5.79. The van der Waals surface area contributed by atoms with E-state index >= 15 is 0 Å². The normalized spacial score (nSPS) is 10.3. The summed E-state index contributed by atoms with van der Waals surface area (Å²) in [6, 6.07) is 11.7. The van der Waals surface area contributed by atoms with E-state index in [1.54, 1.807) is 6.07 Å². The van der Waals surface area contributed by atoms with Gasteiger partial charge >= 0.3 is 5.97 Å². The summed E-state index contributed by atoms with van der Waals surface area (Å²) >= 11 is 0. The lowest BCUT2D eigenvalue weighted by atomic mass is 10.0. The van der Waals surface area contributed by atoms with E-state index < -0.39 is 11.8 Å². The lowest BCUT2D eigenvalue weighted by molar-refractivity contribution is 0.0692. The lowest BCUT2D eigenvalue weighted by Gasteiger charge is -2.13. The van der Waals surface area contributed by atoms with Gasteiger partial charge in [-0.2, -0.15) is 0 Å². The molecule has 0 fully saturated rings. The number of aromatic carboxylic acids is 1. The molecule has 0 aliphatic rings. The number of hydrogen-bond acceptors (Lipinski definition) is 2. The van der Waals surface area contributed by atoms with Crippen LogP contribution in [-0.4, -0.2) is 25.2 Å². The quantitative estimate of drug-likeness (QED) is 0.919. The molecule has 0 aliphatic heterocycles. The largest absolute Gasteiger partial charge is 0.478 e. The van der Waals surface area contributed by atoms with Gasteiger partial charge in [-0.3, -0.25) is 0 Å². The maximum atomic E-state index is 13.3. The van der Waals surface area contributed by atoms with Crippen LogP contribution in [0.1, 0.15) is 10.4 Å². The zero-order valence-electron chi connectivity index (χ0n) is 10.7. The minimum Gasteiger partial charge on any atom is -0.478 e. The van der Waals surface area contributed by atoms with Gasteiger partial charge in [0, 0.05) is 19.8 Å². The molecule has 0 aliphatic carbocycles. The maximum Gasteiger partial charge on any atom is 0.338 e. The summed E-state index contributed by atoms with van der Waals surface area (Å²) in [5.41, 5.74) is 2.27. The highest BCUT2D eigenvalue weighted by Gasteiger charge is 2.11. The Morgan fingerprint density at radius 1 is 1.05 bits per heavy atom. The Hall–Kier alpha value is -2.36. The van der Waals surface area contributed by atoms with Gasteiger partial charge in [0.25, 0.3) is 0 Å². The van der Waals surface area contributed by atoms with Crippen LogP contribution in [0.2, 0.25) is 0 Å². The highest BCUT2D eigenvalue weighted by atomic mass is 19.1. The van der Waals surface area contributed by atoms with Crippen molar-refractivity contribution in [1.29, 1.82) is 0 Å². The molecule has 0 amide bonds. The van der Waals surface area contributed by atoms with Gasteiger partial charge in [0.1, 0.15) is 5.82 Å². The average Bonchev–Trinajstić information content (AvgIpc) is 2.39. The van der Waals surface area contributed by atoms with Gasteiger partial charge in [-0.05, 0) is 35.4 Å². The van der Waals surface area contributed by atoms with Gasteiger partial charge in [-0.1, -0.05) is 18.2 Å². The lowest BCUT2D eigenvalue weighted by Crippen LogP contribution is -2.07. The summed E-state index contributed by atoms with van der Waals surface area (Å²) in [6.07, 6.45) is 0. The minimum atomic E-state index is -1.26. The summed E-state index contributed by atoms with van der Waals surface area (Å²) in [5.74, 6) is -1.98. The molecule has 0 saturated heterocycles. The first-order valence-electron chi connectivity index (χ1n) is 5.79. The second-order valence-corrected chi connectivity index (χ2v) is 4.44. The van der Waals surface area contributed by atoms with Gasteiger partial charge in [-0.15, -0.1) is 0 Å². The standard InChI is InChI=1S/C15H14FNO2/c1-17(2)12-6-3-10(4-7-12)11-5-8-14(16)13(9-11)15(18)19/h3-9H,1-2H3,(H,18,19). The topological polar surface area (TPSA) is 40.5 Å². The Morgan fingerprint density at radius 2 is 1.63 bits per heavy atom. The fourth-order valence-corrected chi connectivity index (χ4v) is 1.82. The number of benzene rings is 2. The summed E-state index contributed by atoms with van der Waals surface area (Å²) in [4.78, 5) is 12.9. The zero-order chi connectivity index (χ0) is 14.0. The maximum absolute atomic E-state index is 13.3. The third kappa shape index (κ3) is 2.73. The van der Waals surface area contributed by atoms with Crippen molar-refractivity contribution in [3.63, 3.8) is 0 Å². The monoisotopic (exact) mass is 259 g/mol. The summed E-state index contributed by atoms with van der Waals surface area (Å²) < 4.78 is 13.3. The summed E-state index contributed by atoms with van der Waals surface area (Å²) in [6.45, 7) is 0. The molecule has 2 rings (SSSR count). The van der Waals surface area contributed by atoms with Crippen LogP contribution in [0.3, 0.4) is 0 Å². The van der Waals surface area contributed by atoms with E-state index in [1.807, 2.05) is 43.3 Å². The van der Waals surface area contributed by atoms with Crippen LogP contribution >= 0.6 is 0 Å². The predicted molar refractivity (Wildman–Crippen MR) is 73.1 cm³/mol. The Labute approximate surface area is 110 Å². The number of carbonyl (C=O) groups is 1. The number of nitrogens with zero attached hydrogens (tertiary/aromatic N) is 1. The van der Waals surface area contributed by atoms with Crippen LogP contribution in [-0.2, 0) is 0 Å². The fraction of sp³-hybridized carbons (Fsp3) is 0.133. The van der Waals surface area contributed by atoms with Crippen molar-refractivity contribution < 1.29 is 14.3 Å². The molecule has 19 heavy (non-hydrogen) atoms. The Morgan fingerprint density at radius 3 is 2.16 bits per heavy atom. The molecular weight excluding hydrogens is 245 g/mol. The molecule has 0 bridgehead atoms. The van der Waals surface area contributed by atoms with E-state index in [4.69, 9.17) is 5.11 Å². The number of carboxylic acid groups (broad SMARTS) is 1. The molecular formula is C15H14FNO2. The molecule has 2 aromatic carbocycles. The van der Waals surface area contributed by atoms with Crippen LogP contribution in [0.4, 0.5) is 10.1 Å². The number of anilines is 1. The SMILES string of the molecule is CN(C)c1ccc(-c2ccc(F)c(C(=O)O)c2)cc1. The third-order valence-corrected chi connectivity index (χ3v) is 2.91. The van der Waals surface area contributed by atoms with Crippen LogP contribution in [0.25, 0.3) is 11.1 Å². The molecule has 0 radical (unpaired) electrons. The number of hydrogen-bond donors (Lipinski definition) is 1. The van der Waals surface area contributed by atoms with Gasteiger partial charge in [-0.25, -0.2) is 9.18 Å². The van der Waals surface area contributed by atoms with Crippen molar-refractivity contribution in [2.75, 3.05) is 19.0 Å². The van der Waals surface area contributed by atoms with E-state index in [0.717, 1.165) is 11.3 Å². The smallest absolute Gasteiger partial charge is 0.338 e. The van der Waals surface area contributed by atoms with Crippen LogP contribution in [0, 0.1) is 5.82 Å². The van der Waals surface area contributed by atoms with Crippen molar-refractivity contribution in [1.82, 2.24) is 0 Å². The van der Waals surface area contributed by atoms with Crippen LogP contribution in [0.5, 0.6) is 0 Å². The molecule has 0 saturated carbocycles. The van der Waals surface area contributed by atoms with Crippen molar-refractivity contribution in [2.24, 2.45) is 0 Å². The highest BCUT2D eigenvalue weighted by Crippen LogP contribution is 2.24. The van der Waals surface area contributed by atoms with Crippen LogP contribution < -0.4 is 4.90 Å². The zero-order valence-corrected chi connectivity index (χ0v) is 10.7. The van der Waals surface area contributed by atoms with E-state index in [2.05, 4.69) is 0 Å². The van der Waals surface area contributed by atoms with E-state index in [9.17, 15) is 9.18 Å². The third-order valence-electron chi connectivity index (χ3n) is 2.91. The van der Waals surface area contributed by atoms with Gasteiger partial charge in [0.2, 0.25) is 0 Å². The summed E-state index contributed by atoms with van der Waals surface area (Å²) in [5, 5.41) is 8.91. The van der Waals surface area contributed by atoms with Crippen molar-refractivity contribution in [3.05, 3.63) is 53.8 Å². The molecule has 0 atom stereocenters. The molecule has 0 spiro atoms. The minimum absolute atomic E-state index is 0.311. The molecule has 2 aromatic rings. The fourth-order valence-electron chi connectivity index (χ4n) is 1.82. The Kier molecular flexibility index (Phi) is 3.51. The Bertz CT molecular complexity index is 606. The van der Waals surface area contributed by atoms with E-state index in [1.165, 1.54) is 12.1 Å². The van der Waals surface area contributed by atoms with E-state index in [0.29, 0.717) is 5.56 Å². The highest BCUT2D eigenvalue weighted by molar-refractivity contribution is 5.89. The van der Waals surface area contributed by atoms with Crippen molar-refractivity contribution >= 4 is 11.7 Å². The van der Waals surface area contributed by atoms with Crippen LogP contribution in [0.15, 0.2) is 42.5 Å². The Balaban J connectivity index is 2.41. The molecule has 0 heterocycles. The second-order valence-electron chi connectivity index (χ2n) is 4.44. The van der Waals surface area contributed by atoms with Gasteiger partial charge in [0.05, 0.1) is 5.56 Å². The first-order chi connectivity index (χ1) is 8.99. The van der Waals surface area contributed by atoms with Crippen molar-refractivity contribution in [2.45, 2.75) is 0 Å². The molecule has 98 valence electrons. The van der Waals surface area contributed by atoms with E-state index in [-0.39, 0.29) is 5.56 Å². The van der Waals surface area contributed by atoms with Crippen molar-refractivity contribution in [3.8, 4) is 11.1 Å². The molecule has 4 heteroatoms. The molecule has 0 aromatic heterocycles.